The SMILES string of the molecule is CCC(C)(C)N1C(=O)C2CCCCN2C(=O)C1C. The van der Waals surface area contributed by atoms with Gasteiger partial charge in [0, 0.05) is 12.1 Å². The van der Waals surface area contributed by atoms with Gasteiger partial charge in [-0.15, -0.1) is 0 Å². The van der Waals surface area contributed by atoms with Gasteiger partial charge in [-0.3, -0.25) is 9.59 Å². The number of rotatable bonds is 2. The Morgan fingerprint density at radius 3 is 2.50 bits per heavy atom. The molecule has 0 aromatic carbocycles. The van der Waals surface area contributed by atoms with Gasteiger partial charge in [0.25, 0.3) is 0 Å². The van der Waals surface area contributed by atoms with Crippen molar-refractivity contribution >= 4 is 11.8 Å². The molecule has 0 spiro atoms. The quantitative estimate of drug-likeness (QED) is 0.751. The maximum atomic E-state index is 12.7. The second kappa shape index (κ2) is 4.56. The van der Waals surface area contributed by atoms with Crippen LogP contribution in [-0.4, -0.2) is 45.8 Å². The lowest BCUT2D eigenvalue weighted by Gasteiger charge is -2.51. The minimum atomic E-state index is -0.318. The predicted molar refractivity (Wildman–Crippen MR) is 70.0 cm³/mol. The normalized spacial score (nSPS) is 29.6. The van der Waals surface area contributed by atoms with Gasteiger partial charge in [-0.05, 0) is 46.5 Å². The smallest absolute Gasteiger partial charge is 0.246 e. The molecule has 2 atom stereocenters. The van der Waals surface area contributed by atoms with Gasteiger partial charge in [0.15, 0.2) is 0 Å². The number of piperidine rings is 1. The summed E-state index contributed by atoms with van der Waals surface area (Å²) in [7, 11) is 0. The fourth-order valence-electron chi connectivity index (χ4n) is 3.15. The van der Waals surface area contributed by atoms with Crippen LogP contribution in [0, 0.1) is 0 Å². The maximum absolute atomic E-state index is 12.7. The van der Waals surface area contributed by atoms with Gasteiger partial charge in [0.2, 0.25) is 11.8 Å². The molecule has 2 saturated heterocycles. The van der Waals surface area contributed by atoms with Gasteiger partial charge in [0.1, 0.15) is 12.1 Å². The van der Waals surface area contributed by atoms with Crippen LogP contribution in [0.5, 0.6) is 0 Å². The summed E-state index contributed by atoms with van der Waals surface area (Å²) in [6, 6.07) is -0.518. The maximum Gasteiger partial charge on any atom is 0.246 e. The Kier molecular flexibility index (Phi) is 3.39. The minimum Gasteiger partial charge on any atom is -0.329 e. The molecule has 2 unspecified atom stereocenters. The van der Waals surface area contributed by atoms with Crippen molar-refractivity contribution in [2.24, 2.45) is 0 Å². The molecule has 2 heterocycles. The molecule has 18 heavy (non-hydrogen) atoms. The van der Waals surface area contributed by atoms with Crippen LogP contribution in [0.3, 0.4) is 0 Å². The zero-order chi connectivity index (χ0) is 13.5. The molecule has 2 fully saturated rings. The molecule has 0 aromatic rings. The average molecular weight is 252 g/mol. The Morgan fingerprint density at radius 1 is 1.22 bits per heavy atom. The highest BCUT2D eigenvalue weighted by Crippen LogP contribution is 2.32. The van der Waals surface area contributed by atoms with E-state index in [-0.39, 0.29) is 29.4 Å². The Morgan fingerprint density at radius 2 is 1.89 bits per heavy atom. The monoisotopic (exact) mass is 252 g/mol. The van der Waals surface area contributed by atoms with E-state index in [9.17, 15) is 9.59 Å². The Hall–Kier alpha value is -1.06. The number of amides is 2. The van der Waals surface area contributed by atoms with Crippen LogP contribution >= 0.6 is 0 Å². The molecule has 2 aliphatic rings. The van der Waals surface area contributed by atoms with Crippen LogP contribution in [0.4, 0.5) is 0 Å². The predicted octanol–water partition coefficient (Wildman–Crippen LogP) is 1.79. The molecule has 2 rings (SSSR count). The first-order valence-electron chi connectivity index (χ1n) is 7.04. The van der Waals surface area contributed by atoms with Gasteiger partial charge < -0.3 is 9.80 Å². The van der Waals surface area contributed by atoms with E-state index in [1.165, 1.54) is 0 Å². The van der Waals surface area contributed by atoms with Gasteiger partial charge in [-0.1, -0.05) is 6.92 Å². The number of carbonyl (C=O) groups is 2. The van der Waals surface area contributed by atoms with Crippen molar-refractivity contribution in [3.05, 3.63) is 0 Å². The highest BCUT2D eigenvalue weighted by molar-refractivity contribution is 5.97. The summed E-state index contributed by atoms with van der Waals surface area (Å²) in [5.41, 5.74) is -0.240. The van der Waals surface area contributed by atoms with E-state index >= 15 is 0 Å². The third kappa shape index (κ3) is 1.91. The fraction of sp³-hybridized carbons (Fsp3) is 0.857. The summed E-state index contributed by atoms with van der Waals surface area (Å²) in [6.45, 7) is 8.78. The topological polar surface area (TPSA) is 40.6 Å². The zero-order valence-electron chi connectivity index (χ0n) is 11.9. The van der Waals surface area contributed by atoms with Crippen molar-refractivity contribution in [1.29, 1.82) is 0 Å². The Labute approximate surface area is 109 Å². The molecular formula is C14H24N2O2. The summed E-state index contributed by atoms with van der Waals surface area (Å²) in [5, 5.41) is 0. The first kappa shape index (κ1) is 13.4. The second-order valence-corrected chi connectivity index (χ2v) is 6.09. The van der Waals surface area contributed by atoms with Crippen molar-refractivity contribution in [1.82, 2.24) is 9.80 Å². The van der Waals surface area contributed by atoms with E-state index < -0.39 is 0 Å². The summed E-state index contributed by atoms with van der Waals surface area (Å²) < 4.78 is 0. The van der Waals surface area contributed by atoms with Crippen molar-refractivity contribution < 1.29 is 9.59 Å². The number of piperazine rings is 1. The third-order valence-electron chi connectivity index (χ3n) is 4.57. The molecule has 0 aromatic heterocycles. The summed E-state index contributed by atoms with van der Waals surface area (Å²) in [6.07, 6.45) is 3.77. The van der Waals surface area contributed by atoms with Crippen LogP contribution in [0.1, 0.15) is 53.4 Å². The highest BCUT2D eigenvalue weighted by atomic mass is 16.2. The van der Waals surface area contributed by atoms with E-state index in [1.807, 2.05) is 25.7 Å². The van der Waals surface area contributed by atoms with Crippen LogP contribution in [0.2, 0.25) is 0 Å². The molecule has 102 valence electrons. The third-order valence-corrected chi connectivity index (χ3v) is 4.57. The Bertz CT molecular complexity index is 365. The fourth-order valence-corrected chi connectivity index (χ4v) is 3.15. The van der Waals surface area contributed by atoms with Gasteiger partial charge in [0.05, 0.1) is 0 Å². The van der Waals surface area contributed by atoms with Crippen LogP contribution < -0.4 is 0 Å². The molecule has 2 aliphatic heterocycles. The van der Waals surface area contributed by atoms with Crippen LogP contribution in [-0.2, 0) is 9.59 Å². The average Bonchev–Trinajstić information content (AvgIpc) is 2.36. The van der Waals surface area contributed by atoms with Crippen molar-refractivity contribution in [3.63, 3.8) is 0 Å². The second-order valence-electron chi connectivity index (χ2n) is 6.09. The highest BCUT2D eigenvalue weighted by Gasteiger charge is 2.48. The summed E-state index contributed by atoms with van der Waals surface area (Å²) >= 11 is 0. The van der Waals surface area contributed by atoms with E-state index in [2.05, 4.69) is 6.92 Å². The van der Waals surface area contributed by atoms with Crippen LogP contribution in [0.25, 0.3) is 0 Å². The van der Waals surface area contributed by atoms with Crippen molar-refractivity contribution in [2.45, 2.75) is 71.0 Å². The lowest BCUT2D eigenvalue weighted by Crippen LogP contribution is -2.69. The number of carbonyl (C=O) groups excluding carboxylic acids is 2. The standard InChI is InChI=1S/C14H24N2O2/c1-5-14(3,4)16-10(2)12(17)15-9-7-6-8-11(15)13(16)18/h10-11H,5-9H2,1-4H3. The molecular weight excluding hydrogens is 228 g/mol. The molecule has 0 radical (unpaired) electrons. The number of fused-ring (bicyclic) bond motifs is 1. The first-order valence-corrected chi connectivity index (χ1v) is 7.04. The van der Waals surface area contributed by atoms with Crippen LogP contribution in [0.15, 0.2) is 0 Å². The Balaban J connectivity index is 2.32. The summed E-state index contributed by atoms with van der Waals surface area (Å²) in [4.78, 5) is 28.7. The largest absolute Gasteiger partial charge is 0.329 e. The van der Waals surface area contributed by atoms with Gasteiger partial charge in [-0.2, -0.15) is 0 Å². The molecule has 4 nitrogen and oxygen atoms in total. The minimum absolute atomic E-state index is 0.126. The lowest BCUT2D eigenvalue weighted by molar-refractivity contribution is -0.169. The van der Waals surface area contributed by atoms with E-state index in [0.717, 1.165) is 32.2 Å². The summed E-state index contributed by atoms with van der Waals surface area (Å²) in [5.74, 6) is 0.273. The van der Waals surface area contributed by atoms with Gasteiger partial charge in [-0.25, -0.2) is 0 Å². The molecule has 0 N–H and O–H groups in total. The number of nitrogens with zero attached hydrogens (tertiary/aromatic N) is 2. The number of hydrogen-bond acceptors (Lipinski definition) is 2. The molecule has 2 amide bonds. The molecule has 0 saturated carbocycles. The molecule has 0 aliphatic carbocycles. The van der Waals surface area contributed by atoms with E-state index in [0.29, 0.717) is 0 Å². The van der Waals surface area contributed by atoms with E-state index in [4.69, 9.17) is 0 Å². The molecule has 4 heteroatoms. The van der Waals surface area contributed by atoms with Gasteiger partial charge >= 0.3 is 0 Å². The number of hydrogen-bond donors (Lipinski definition) is 0. The van der Waals surface area contributed by atoms with Crippen molar-refractivity contribution in [3.8, 4) is 0 Å². The van der Waals surface area contributed by atoms with Crippen molar-refractivity contribution in [2.75, 3.05) is 6.54 Å². The lowest BCUT2D eigenvalue weighted by atomic mass is 9.89. The molecule has 0 bridgehead atoms. The first-order chi connectivity index (χ1) is 8.40. The van der Waals surface area contributed by atoms with E-state index in [1.54, 1.807) is 4.90 Å². The zero-order valence-corrected chi connectivity index (χ0v) is 11.9.